The zero-order chi connectivity index (χ0) is 18.5. The molecule has 0 unspecified atom stereocenters. The summed E-state index contributed by atoms with van der Waals surface area (Å²) in [5.74, 6) is 0. The molecule has 128 valence electrons. The Kier molecular flexibility index (Phi) is 4.68. The molecular formula is C25H18N2. The van der Waals surface area contributed by atoms with E-state index in [-0.39, 0.29) is 0 Å². The van der Waals surface area contributed by atoms with Crippen molar-refractivity contribution in [2.45, 2.75) is 0 Å². The fourth-order valence-electron chi connectivity index (χ4n) is 3.14. The Morgan fingerprint density at radius 1 is 0.481 bits per heavy atom. The second-order valence-corrected chi connectivity index (χ2v) is 6.24. The fraction of sp³-hybridized carbons (Fsp3) is 0. The maximum atomic E-state index is 8.96. The van der Waals surface area contributed by atoms with Gasteiger partial charge in [-0.2, -0.15) is 5.26 Å². The van der Waals surface area contributed by atoms with Gasteiger partial charge in [-0.3, -0.25) is 0 Å². The molecule has 2 nitrogen and oxygen atoms in total. The Bertz CT molecular complexity index is 1010. The maximum absolute atomic E-state index is 8.96. The average molecular weight is 346 g/mol. The molecule has 0 atom stereocenters. The first-order valence-electron chi connectivity index (χ1n) is 8.86. The van der Waals surface area contributed by atoms with Crippen molar-refractivity contribution >= 4 is 17.1 Å². The molecule has 0 bridgehead atoms. The summed E-state index contributed by atoms with van der Waals surface area (Å²) >= 11 is 0. The van der Waals surface area contributed by atoms with Crippen LogP contribution >= 0.6 is 0 Å². The molecule has 0 spiro atoms. The highest BCUT2D eigenvalue weighted by atomic mass is 15.1. The summed E-state index contributed by atoms with van der Waals surface area (Å²) in [5.41, 5.74) is 6.25. The summed E-state index contributed by atoms with van der Waals surface area (Å²) in [6.07, 6.45) is 0. The van der Waals surface area contributed by atoms with Gasteiger partial charge in [-0.25, -0.2) is 0 Å². The van der Waals surface area contributed by atoms with Crippen molar-refractivity contribution in [3.05, 3.63) is 115 Å². The first-order valence-corrected chi connectivity index (χ1v) is 8.86. The minimum absolute atomic E-state index is 0.676. The average Bonchev–Trinajstić information content (AvgIpc) is 2.76. The Balaban J connectivity index is 1.72. The second-order valence-electron chi connectivity index (χ2n) is 6.24. The van der Waals surface area contributed by atoms with E-state index in [9.17, 15) is 0 Å². The Morgan fingerprint density at radius 3 is 1.33 bits per heavy atom. The highest BCUT2D eigenvalue weighted by Gasteiger charge is 2.11. The van der Waals surface area contributed by atoms with E-state index in [4.69, 9.17) is 5.26 Å². The van der Waals surface area contributed by atoms with Crippen molar-refractivity contribution in [3.63, 3.8) is 0 Å². The van der Waals surface area contributed by atoms with Crippen LogP contribution in [0.2, 0.25) is 0 Å². The van der Waals surface area contributed by atoms with Crippen LogP contribution in [-0.4, -0.2) is 0 Å². The third-order valence-corrected chi connectivity index (χ3v) is 4.50. The van der Waals surface area contributed by atoms with Crippen LogP contribution in [0.5, 0.6) is 0 Å². The van der Waals surface area contributed by atoms with Gasteiger partial charge in [0.1, 0.15) is 0 Å². The van der Waals surface area contributed by atoms with E-state index in [0.29, 0.717) is 5.56 Å². The molecule has 0 saturated carbocycles. The SMILES string of the molecule is N#Cc1ccc(-c2ccc(N(c3ccccc3)c3ccccc3)cc2)cc1. The van der Waals surface area contributed by atoms with Gasteiger partial charge >= 0.3 is 0 Å². The van der Waals surface area contributed by atoms with Gasteiger partial charge < -0.3 is 4.90 Å². The molecule has 0 aromatic heterocycles. The molecule has 0 fully saturated rings. The van der Waals surface area contributed by atoms with E-state index in [1.165, 1.54) is 0 Å². The third-order valence-electron chi connectivity index (χ3n) is 4.50. The van der Waals surface area contributed by atoms with Gasteiger partial charge in [-0.1, -0.05) is 60.7 Å². The van der Waals surface area contributed by atoms with E-state index in [0.717, 1.165) is 28.2 Å². The van der Waals surface area contributed by atoms with E-state index in [1.54, 1.807) is 0 Å². The van der Waals surface area contributed by atoms with Crippen molar-refractivity contribution in [3.8, 4) is 17.2 Å². The summed E-state index contributed by atoms with van der Waals surface area (Å²) in [6.45, 7) is 0. The molecule has 0 N–H and O–H groups in total. The number of para-hydroxylation sites is 2. The fourth-order valence-corrected chi connectivity index (χ4v) is 3.14. The molecule has 4 rings (SSSR count). The number of benzene rings is 4. The minimum atomic E-state index is 0.676. The highest BCUT2D eigenvalue weighted by Crippen LogP contribution is 2.35. The van der Waals surface area contributed by atoms with Gasteiger partial charge in [0.25, 0.3) is 0 Å². The monoisotopic (exact) mass is 346 g/mol. The van der Waals surface area contributed by atoms with Crippen molar-refractivity contribution < 1.29 is 0 Å². The van der Waals surface area contributed by atoms with Crippen LogP contribution in [-0.2, 0) is 0 Å². The Labute approximate surface area is 159 Å². The van der Waals surface area contributed by atoms with E-state index < -0.39 is 0 Å². The molecule has 4 aromatic rings. The molecule has 0 aliphatic heterocycles. The lowest BCUT2D eigenvalue weighted by Crippen LogP contribution is -2.09. The zero-order valence-corrected chi connectivity index (χ0v) is 14.8. The highest BCUT2D eigenvalue weighted by molar-refractivity contribution is 5.78. The quantitative estimate of drug-likeness (QED) is 0.411. The predicted molar refractivity (Wildman–Crippen MR) is 111 cm³/mol. The number of hydrogen-bond acceptors (Lipinski definition) is 2. The van der Waals surface area contributed by atoms with Gasteiger partial charge in [-0.15, -0.1) is 0 Å². The van der Waals surface area contributed by atoms with Crippen molar-refractivity contribution in [2.75, 3.05) is 4.90 Å². The molecule has 4 aromatic carbocycles. The first-order chi connectivity index (χ1) is 13.3. The molecule has 0 aliphatic carbocycles. The van der Waals surface area contributed by atoms with Gasteiger partial charge in [0.15, 0.2) is 0 Å². The number of anilines is 3. The number of nitriles is 1. The number of hydrogen-bond donors (Lipinski definition) is 0. The number of nitrogens with zero attached hydrogens (tertiary/aromatic N) is 2. The lowest BCUT2D eigenvalue weighted by atomic mass is 10.0. The Morgan fingerprint density at radius 2 is 0.889 bits per heavy atom. The summed E-state index contributed by atoms with van der Waals surface area (Å²) in [4.78, 5) is 2.24. The lowest BCUT2D eigenvalue weighted by Gasteiger charge is -2.25. The van der Waals surface area contributed by atoms with E-state index in [1.807, 2.05) is 36.4 Å². The summed E-state index contributed by atoms with van der Waals surface area (Å²) in [6, 6.07) is 39.1. The van der Waals surface area contributed by atoms with Gasteiger partial charge in [0.05, 0.1) is 11.6 Å². The van der Waals surface area contributed by atoms with Gasteiger partial charge in [-0.05, 0) is 59.7 Å². The standard InChI is InChI=1S/C25H18N2/c26-19-20-11-13-21(14-12-20)22-15-17-25(18-16-22)27(23-7-3-1-4-8-23)24-9-5-2-6-10-24/h1-18H. The summed E-state index contributed by atoms with van der Waals surface area (Å²) in [7, 11) is 0. The molecule has 2 heteroatoms. The van der Waals surface area contributed by atoms with Gasteiger partial charge in [0, 0.05) is 17.1 Å². The maximum Gasteiger partial charge on any atom is 0.0991 e. The zero-order valence-electron chi connectivity index (χ0n) is 14.8. The molecule has 0 aliphatic rings. The van der Waals surface area contributed by atoms with Crippen LogP contribution in [0.25, 0.3) is 11.1 Å². The van der Waals surface area contributed by atoms with Gasteiger partial charge in [0.2, 0.25) is 0 Å². The normalized spacial score (nSPS) is 10.2. The van der Waals surface area contributed by atoms with Crippen LogP contribution in [0.1, 0.15) is 5.56 Å². The van der Waals surface area contributed by atoms with E-state index in [2.05, 4.69) is 83.8 Å². The molecular weight excluding hydrogens is 328 g/mol. The minimum Gasteiger partial charge on any atom is -0.311 e. The van der Waals surface area contributed by atoms with Crippen LogP contribution in [0.15, 0.2) is 109 Å². The van der Waals surface area contributed by atoms with Crippen molar-refractivity contribution in [1.29, 1.82) is 5.26 Å². The molecule has 0 radical (unpaired) electrons. The van der Waals surface area contributed by atoms with Crippen LogP contribution in [0.4, 0.5) is 17.1 Å². The van der Waals surface area contributed by atoms with Crippen LogP contribution in [0.3, 0.4) is 0 Å². The molecule has 0 saturated heterocycles. The number of rotatable bonds is 4. The van der Waals surface area contributed by atoms with Crippen molar-refractivity contribution in [2.24, 2.45) is 0 Å². The lowest BCUT2D eigenvalue weighted by molar-refractivity contribution is 1.28. The first kappa shape index (κ1) is 16.6. The smallest absolute Gasteiger partial charge is 0.0991 e. The predicted octanol–water partition coefficient (Wildman–Crippen LogP) is 6.70. The largest absolute Gasteiger partial charge is 0.311 e. The van der Waals surface area contributed by atoms with E-state index >= 15 is 0 Å². The summed E-state index contributed by atoms with van der Waals surface area (Å²) < 4.78 is 0. The second kappa shape index (κ2) is 7.59. The molecule has 0 heterocycles. The molecule has 27 heavy (non-hydrogen) atoms. The Hall–Kier alpha value is -3.83. The topological polar surface area (TPSA) is 27.0 Å². The van der Waals surface area contributed by atoms with Crippen LogP contribution < -0.4 is 4.90 Å². The molecule has 0 amide bonds. The van der Waals surface area contributed by atoms with Crippen molar-refractivity contribution in [1.82, 2.24) is 0 Å². The third kappa shape index (κ3) is 3.58. The van der Waals surface area contributed by atoms with Crippen LogP contribution in [0, 0.1) is 11.3 Å². The summed E-state index contributed by atoms with van der Waals surface area (Å²) in [5, 5.41) is 8.96.